The molecule has 2 rings (SSSR count). The van der Waals surface area contributed by atoms with Crippen LogP contribution in [0.2, 0.25) is 10.3 Å². The van der Waals surface area contributed by atoms with Crippen LogP contribution in [0.3, 0.4) is 0 Å². The Kier molecular flexibility index (Phi) is 4.04. The topological polar surface area (TPSA) is 37.8 Å². The summed E-state index contributed by atoms with van der Waals surface area (Å²) in [5.41, 5.74) is 2.87. The standard InChI is InChI=1S/C13H13Cl2N3/c1-8(2)9-5-3-4-6-10(9)16-11-7-12(14)17-18-13(11)15/h3-8H,1-2H3,(H,16,17). The van der Waals surface area contributed by atoms with Gasteiger partial charge in [-0.25, -0.2) is 0 Å². The zero-order chi connectivity index (χ0) is 13.1. The van der Waals surface area contributed by atoms with E-state index in [9.17, 15) is 0 Å². The Bertz CT molecular complexity index is 556. The van der Waals surface area contributed by atoms with Crippen molar-refractivity contribution < 1.29 is 0 Å². The fraction of sp³-hybridized carbons (Fsp3) is 0.231. The summed E-state index contributed by atoms with van der Waals surface area (Å²) >= 11 is 11.8. The Balaban J connectivity index is 2.37. The molecule has 94 valence electrons. The average Bonchev–Trinajstić information content (AvgIpc) is 2.34. The molecule has 1 aromatic carbocycles. The van der Waals surface area contributed by atoms with Gasteiger partial charge in [-0.1, -0.05) is 55.2 Å². The van der Waals surface area contributed by atoms with Crippen molar-refractivity contribution in [2.75, 3.05) is 5.32 Å². The van der Waals surface area contributed by atoms with Gasteiger partial charge in [0.15, 0.2) is 10.3 Å². The third kappa shape index (κ3) is 2.92. The molecule has 5 heteroatoms. The molecule has 3 nitrogen and oxygen atoms in total. The van der Waals surface area contributed by atoms with Crippen molar-refractivity contribution in [3.63, 3.8) is 0 Å². The molecule has 0 fully saturated rings. The highest BCUT2D eigenvalue weighted by Gasteiger charge is 2.09. The van der Waals surface area contributed by atoms with Gasteiger partial charge in [-0.15, -0.1) is 10.2 Å². The predicted molar refractivity (Wildman–Crippen MR) is 75.9 cm³/mol. The minimum absolute atomic E-state index is 0.304. The monoisotopic (exact) mass is 281 g/mol. The summed E-state index contributed by atoms with van der Waals surface area (Å²) in [6.07, 6.45) is 0. The highest BCUT2D eigenvalue weighted by molar-refractivity contribution is 6.33. The number of benzene rings is 1. The van der Waals surface area contributed by atoms with Gasteiger partial charge in [0.05, 0.1) is 5.69 Å². The zero-order valence-corrected chi connectivity index (χ0v) is 11.6. The van der Waals surface area contributed by atoms with Crippen LogP contribution in [0.25, 0.3) is 0 Å². The van der Waals surface area contributed by atoms with Crippen molar-refractivity contribution in [3.05, 3.63) is 46.2 Å². The lowest BCUT2D eigenvalue weighted by molar-refractivity contribution is 0.869. The first-order valence-corrected chi connectivity index (χ1v) is 6.38. The fourth-order valence-corrected chi connectivity index (χ4v) is 1.99. The zero-order valence-electron chi connectivity index (χ0n) is 10.1. The number of halogens is 2. The Hall–Kier alpha value is -1.32. The van der Waals surface area contributed by atoms with Crippen molar-refractivity contribution in [3.8, 4) is 0 Å². The lowest BCUT2D eigenvalue weighted by Gasteiger charge is -2.14. The first kappa shape index (κ1) is 13.1. The third-order valence-corrected chi connectivity index (χ3v) is 3.04. The fourth-order valence-electron chi connectivity index (χ4n) is 1.70. The minimum Gasteiger partial charge on any atom is -0.353 e. The summed E-state index contributed by atoms with van der Waals surface area (Å²) in [6.45, 7) is 4.28. The molecule has 0 unspecified atom stereocenters. The normalized spacial score (nSPS) is 10.7. The lowest BCUT2D eigenvalue weighted by atomic mass is 10.0. The van der Waals surface area contributed by atoms with Gasteiger partial charge in [0, 0.05) is 11.8 Å². The molecule has 2 aromatic rings. The average molecular weight is 282 g/mol. The number of hydrogen-bond acceptors (Lipinski definition) is 3. The summed E-state index contributed by atoms with van der Waals surface area (Å²) in [7, 11) is 0. The van der Waals surface area contributed by atoms with Gasteiger partial charge in [-0.2, -0.15) is 0 Å². The Morgan fingerprint density at radius 2 is 1.78 bits per heavy atom. The lowest BCUT2D eigenvalue weighted by Crippen LogP contribution is -1.99. The van der Waals surface area contributed by atoms with Crippen molar-refractivity contribution in [1.29, 1.82) is 0 Å². The molecule has 0 atom stereocenters. The number of nitrogens with zero attached hydrogens (tertiary/aromatic N) is 2. The molecule has 1 heterocycles. The van der Waals surface area contributed by atoms with Crippen LogP contribution in [0.5, 0.6) is 0 Å². The summed E-state index contributed by atoms with van der Waals surface area (Å²) in [4.78, 5) is 0. The Morgan fingerprint density at radius 3 is 2.50 bits per heavy atom. The second-order valence-corrected chi connectivity index (χ2v) is 4.98. The minimum atomic E-state index is 0.304. The van der Waals surface area contributed by atoms with E-state index in [2.05, 4.69) is 35.4 Å². The molecule has 0 aliphatic heterocycles. The molecular weight excluding hydrogens is 269 g/mol. The molecule has 0 saturated heterocycles. The summed E-state index contributed by atoms with van der Waals surface area (Å²) in [5.74, 6) is 0.415. The summed E-state index contributed by atoms with van der Waals surface area (Å²) in [5, 5.41) is 11.3. The highest BCUT2D eigenvalue weighted by atomic mass is 35.5. The van der Waals surface area contributed by atoms with Gasteiger partial charge in [-0.05, 0) is 17.5 Å². The largest absolute Gasteiger partial charge is 0.353 e. The number of aromatic nitrogens is 2. The van der Waals surface area contributed by atoms with Crippen LogP contribution < -0.4 is 5.32 Å². The molecule has 0 spiro atoms. The first-order chi connectivity index (χ1) is 8.58. The van der Waals surface area contributed by atoms with Gasteiger partial charge < -0.3 is 5.32 Å². The van der Waals surface area contributed by atoms with Crippen LogP contribution in [0.15, 0.2) is 30.3 Å². The van der Waals surface area contributed by atoms with Gasteiger partial charge in [0.25, 0.3) is 0 Å². The van der Waals surface area contributed by atoms with Crippen LogP contribution in [0.4, 0.5) is 11.4 Å². The van der Waals surface area contributed by atoms with Gasteiger partial charge >= 0.3 is 0 Å². The van der Waals surface area contributed by atoms with E-state index in [1.54, 1.807) is 6.07 Å². The molecular formula is C13H13Cl2N3. The van der Waals surface area contributed by atoms with E-state index in [1.807, 2.05) is 18.2 Å². The molecule has 18 heavy (non-hydrogen) atoms. The van der Waals surface area contributed by atoms with Crippen LogP contribution in [-0.2, 0) is 0 Å². The Labute approximate surface area is 116 Å². The van der Waals surface area contributed by atoms with Crippen LogP contribution in [0.1, 0.15) is 25.3 Å². The van der Waals surface area contributed by atoms with E-state index in [4.69, 9.17) is 23.2 Å². The van der Waals surface area contributed by atoms with Crippen molar-refractivity contribution in [1.82, 2.24) is 10.2 Å². The molecule has 1 N–H and O–H groups in total. The van der Waals surface area contributed by atoms with E-state index in [0.717, 1.165) is 5.69 Å². The molecule has 0 bridgehead atoms. The maximum atomic E-state index is 5.98. The van der Waals surface area contributed by atoms with Crippen LogP contribution >= 0.6 is 23.2 Å². The molecule has 0 amide bonds. The van der Waals surface area contributed by atoms with E-state index in [-0.39, 0.29) is 0 Å². The SMILES string of the molecule is CC(C)c1ccccc1Nc1cc(Cl)nnc1Cl. The van der Waals surface area contributed by atoms with E-state index in [1.165, 1.54) is 5.56 Å². The summed E-state index contributed by atoms with van der Waals surface area (Å²) < 4.78 is 0. The predicted octanol–water partition coefficient (Wildman–Crippen LogP) is 4.65. The second kappa shape index (κ2) is 5.55. The van der Waals surface area contributed by atoms with Crippen LogP contribution in [0, 0.1) is 0 Å². The smallest absolute Gasteiger partial charge is 0.175 e. The molecule has 0 aliphatic carbocycles. The van der Waals surface area contributed by atoms with Gasteiger partial charge in [0.2, 0.25) is 0 Å². The number of anilines is 2. The maximum absolute atomic E-state index is 5.98. The number of nitrogens with one attached hydrogen (secondary N) is 1. The quantitative estimate of drug-likeness (QED) is 0.890. The van der Waals surface area contributed by atoms with Gasteiger partial charge in [0.1, 0.15) is 0 Å². The number of hydrogen-bond donors (Lipinski definition) is 1. The number of para-hydroxylation sites is 1. The summed E-state index contributed by atoms with van der Waals surface area (Å²) in [6, 6.07) is 9.73. The first-order valence-electron chi connectivity index (χ1n) is 5.62. The molecule has 0 aliphatic rings. The third-order valence-electron chi connectivity index (χ3n) is 2.57. The number of rotatable bonds is 3. The molecule has 1 aromatic heterocycles. The van der Waals surface area contributed by atoms with E-state index >= 15 is 0 Å². The highest BCUT2D eigenvalue weighted by Crippen LogP contribution is 2.30. The molecule has 0 radical (unpaired) electrons. The van der Waals surface area contributed by atoms with Crippen molar-refractivity contribution >= 4 is 34.6 Å². The molecule has 0 saturated carbocycles. The second-order valence-electron chi connectivity index (χ2n) is 4.24. The maximum Gasteiger partial charge on any atom is 0.175 e. The van der Waals surface area contributed by atoms with E-state index in [0.29, 0.717) is 21.9 Å². The Morgan fingerprint density at radius 1 is 1.06 bits per heavy atom. The van der Waals surface area contributed by atoms with E-state index < -0.39 is 0 Å². The van der Waals surface area contributed by atoms with Crippen LogP contribution in [-0.4, -0.2) is 10.2 Å². The van der Waals surface area contributed by atoms with Crippen molar-refractivity contribution in [2.24, 2.45) is 0 Å². The van der Waals surface area contributed by atoms with Gasteiger partial charge in [-0.3, -0.25) is 0 Å². The van der Waals surface area contributed by atoms with Crippen molar-refractivity contribution in [2.45, 2.75) is 19.8 Å².